The lowest BCUT2D eigenvalue weighted by Crippen LogP contribution is -2.46. The van der Waals surface area contributed by atoms with Gasteiger partial charge in [0, 0.05) is 32.1 Å². The van der Waals surface area contributed by atoms with Crippen LogP contribution in [0, 0.1) is 5.41 Å². The van der Waals surface area contributed by atoms with E-state index in [2.05, 4.69) is 0 Å². The van der Waals surface area contributed by atoms with Crippen molar-refractivity contribution in [2.75, 3.05) is 26.2 Å². The van der Waals surface area contributed by atoms with E-state index in [4.69, 9.17) is 7.85 Å². The Morgan fingerprint density at radius 2 is 1.91 bits per heavy atom. The predicted octanol–water partition coefficient (Wildman–Crippen LogP) is 0.665. The Labute approximate surface area is 132 Å². The van der Waals surface area contributed by atoms with Gasteiger partial charge in [-0.15, -0.1) is 0 Å². The van der Waals surface area contributed by atoms with Gasteiger partial charge in [-0.25, -0.2) is 0 Å². The molecule has 1 unspecified atom stereocenters. The van der Waals surface area contributed by atoms with E-state index in [1.54, 1.807) is 4.90 Å². The summed E-state index contributed by atoms with van der Waals surface area (Å²) in [5, 5.41) is 0. The van der Waals surface area contributed by atoms with Gasteiger partial charge in [-0.05, 0) is 25.3 Å². The second-order valence-corrected chi connectivity index (χ2v) is 6.36. The van der Waals surface area contributed by atoms with Crippen molar-refractivity contribution in [1.29, 1.82) is 0 Å². The van der Waals surface area contributed by atoms with Crippen LogP contribution in [-0.4, -0.2) is 56.1 Å². The fourth-order valence-electron chi connectivity index (χ4n) is 3.96. The summed E-state index contributed by atoms with van der Waals surface area (Å²) in [6.07, 6.45) is 2.38. The van der Waals surface area contributed by atoms with Crippen molar-refractivity contribution in [3.05, 3.63) is 29.8 Å². The van der Waals surface area contributed by atoms with Crippen molar-refractivity contribution in [2.45, 2.75) is 25.7 Å². The summed E-state index contributed by atoms with van der Waals surface area (Å²) in [4.78, 5) is 27.7. The number of hydrogen-bond acceptors (Lipinski definition) is 2. The van der Waals surface area contributed by atoms with Crippen molar-refractivity contribution < 1.29 is 9.59 Å². The largest absolute Gasteiger partial charge is 0.345 e. The second-order valence-electron chi connectivity index (χ2n) is 6.36. The zero-order valence-corrected chi connectivity index (χ0v) is 13.0. The van der Waals surface area contributed by atoms with Crippen molar-refractivity contribution in [2.24, 2.45) is 5.41 Å². The van der Waals surface area contributed by atoms with E-state index >= 15 is 0 Å². The highest BCUT2D eigenvalue weighted by Crippen LogP contribution is 2.50. The minimum atomic E-state index is -0.356. The smallest absolute Gasteiger partial charge is 0.229 e. The first-order chi connectivity index (χ1) is 10.6. The van der Waals surface area contributed by atoms with E-state index in [1.807, 2.05) is 36.1 Å². The van der Waals surface area contributed by atoms with E-state index < -0.39 is 0 Å². The maximum atomic E-state index is 13.0. The quantitative estimate of drug-likeness (QED) is 0.607. The number of nitrogens with zero attached hydrogens (tertiary/aromatic N) is 2. The van der Waals surface area contributed by atoms with Gasteiger partial charge in [-0.2, -0.15) is 0 Å². The first-order valence-electron chi connectivity index (χ1n) is 7.95. The van der Waals surface area contributed by atoms with Gasteiger partial charge in [-0.1, -0.05) is 29.7 Å². The summed E-state index contributed by atoms with van der Waals surface area (Å²) in [6, 6.07) is 7.89. The zero-order chi connectivity index (χ0) is 15.7. The summed E-state index contributed by atoms with van der Waals surface area (Å²) in [7, 11) is 5.79. The molecule has 1 aromatic carbocycles. The molecule has 0 aromatic heterocycles. The minimum absolute atomic E-state index is 0.189. The van der Waals surface area contributed by atoms with Crippen LogP contribution in [0.4, 0.5) is 0 Å². The Balaban J connectivity index is 1.94. The van der Waals surface area contributed by atoms with Gasteiger partial charge in [-0.3, -0.25) is 9.59 Å². The molecule has 0 bridgehead atoms. The molecular weight excluding hydrogens is 275 g/mol. The SMILES string of the molecule is [B]c1ccc(C2CN(CC)C(=O)C23CCN(C=O)CC3)cc1. The molecule has 1 atom stereocenters. The molecule has 2 fully saturated rings. The molecule has 22 heavy (non-hydrogen) atoms. The van der Waals surface area contributed by atoms with Gasteiger partial charge >= 0.3 is 0 Å². The number of benzene rings is 1. The van der Waals surface area contributed by atoms with E-state index in [-0.39, 0.29) is 17.2 Å². The highest BCUT2D eigenvalue weighted by Gasteiger charge is 2.54. The number of carbonyl (C=O) groups is 2. The highest BCUT2D eigenvalue weighted by atomic mass is 16.2. The summed E-state index contributed by atoms with van der Waals surface area (Å²) in [5.74, 6) is 0.441. The third-order valence-corrected chi connectivity index (χ3v) is 5.34. The van der Waals surface area contributed by atoms with Gasteiger partial charge in [0.15, 0.2) is 0 Å². The molecule has 4 nitrogen and oxygen atoms in total. The molecule has 0 saturated carbocycles. The molecule has 2 saturated heterocycles. The molecule has 114 valence electrons. The Kier molecular flexibility index (Phi) is 3.98. The number of amides is 2. The maximum Gasteiger partial charge on any atom is 0.229 e. The van der Waals surface area contributed by atoms with Gasteiger partial charge < -0.3 is 9.80 Å². The van der Waals surface area contributed by atoms with E-state index in [9.17, 15) is 9.59 Å². The monoisotopic (exact) mass is 296 g/mol. The van der Waals surface area contributed by atoms with Gasteiger partial charge in [0.05, 0.1) is 5.41 Å². The Morgan fingerprint density at radius 3 is 2.45 bits per heavy atom. The molecule has 2 amide bonds. The number of likely N-dealkylation sites (tertiary alicyclic amines) is 2. The fraction of sp³-hybridized carbons (Fsp3) is 0.529. The molecule has 0 N–H and O–H groups in total. The third kappa shape index (κ3) is 2.33. The Hall–Kier alpha value is -1.78. The van der Waals surface area contributed by atoms with Crippen LogP contribution in [0.5, 0.6) is 0 Å². The number of piperidine rings is 1. The van der Waals surface area contributed by atoms with Gasteiger partial charge in [0.1, 0.15) is 7.85 Å². The zero-order valence-electron chi connectivity index (χ0n) is 13.0. The van der Waals surface area contributed by atoms with Crippen molar-refractivity contribution in [3.8, 4) is 0 Å². The van der Waals surface area contributed by atoms with Crippen LogP contribution < -0.4 is 5.46 Å². The average Bonchev–Trinajstić information content (AvgIpc) is 2.82. The number of rotatable bonds is 3. The first kappa shape index (κ1) is 15.1. The average molecular weight is 296 g/mol. The van der Waals surface area contributed by atoms with E-state index in [0.717, 1.165) is 37.8 Å². The maximum absolute atomic E-state index is 13.0. The molecule has 1 aromatic rings. The molecule has 1 spiro atoms. The summed E-state index contributed by atoms with van der Waals surface area (Å²) < 4.78 is 0. The molecule has 5 heteroatoms. The van der Waals surface area contributed by atoms with Crippen LogP contribution in [0.3, 0.4) is 0 Å². The minimum Gasteiger partial charge on any atom is -0.345 e. The summed E-state index contributed by atoms with van der Waals surface area (Å²) >= 11 is 0. The van der Waals surface area contributed by atoms with Crippen LogP contribution in [0.2, 0.25) is 0 Å². The molecule has 2 radical (unpaired) electrons. The highest BCUT2D eigenvalue weighted by molar-refractivity contribution is 6.32. The number of likely N-dealkylation sites (N-methyl/N-ethyl adjacent to an activating group) is 1. The molecular formula is C17H21BN2O2. The summed E-state index contributed by atoms with van der Waals surface area (Å²) in [6.45, 7) is 4.86. The Morgan fingerprint density at radius 1 is 1.27 bits per heavy atom. The lowest BCUT2D eigenvalue weighted by atomic mass is 9.67. The van der Waals surface area contributed by atoms with E-state index in [1.165, 1.54) is 5.56 Å². The first-order valence-corrected chi connectivity index (χ1v) is 7.95. The van der Waals surface area contributed by atoms with Crippen LogP contribution in [0.15, 0.2) is 24.3 Å². The van der Waals surface area contributed by atoms with Crippen molar-refractivity contribution in [1.82, 2.24) is 9.80 Å². The van der Waals surface area contributed by atoms with Gasteiger partial charge in [0.2, 0.25) is 12.3 Å². The van der Waals surface area contributed by atoms with Crippen LogP contribution in [0.1, 0.15) is 31.2 Å². The molecule has 3 rings (SSSR count). The normalized spacial score (nSPS) is 24.0. The Bertz CT molecular complexity index is 565. The van der Waals surface area contributed by atoms with Crippen LogP contribution >= 0.6 is 0 Å². The third-order valence-electron chi connectivity index (χ3n) is 5.34. The van der Waals surface area contributed by atoms with Crippen molar-refractivity contribution >= 4 is 25.6 Å². The standard InChI is InChI=1S/C17H21BN2O2/c1-2-20-11-15(13-3-5-14(18)6-4-13)17(16(20)22)7-9-19(12-21)10-8-17/h3-6,12,15H,2,7-11H2,1H3. The second kappa shape index (κ2) is 5.78. The van der Waals surface area contributed by atoms with Crippen molar-refractivity contribution in [3.63, 3.8) is 0 Å². The fourth-order valence-corrected chi connectivity index (χ4v) is 3.96. The lowest BCUT2D eigenvalue weighted by molar-refractivity contribution is -0.140. The number of hydrogen-bond donors (Lipinski definition) is 0. The van der Waals surface area contributed by atoms with Gasteiger partial charge in [0.25, 0.3) is 0 Å². The van der Waals surface area contributed by atoms with Crippen LogP contribution in [0.25, 0.3) is 0 Å². The number of carbonyl (C=O) groups excluding carboxylic acids is 2. The van der Waals surface area contributed by atoms with E-state index in [0.29, 0.717) is 13.1 Å². The topological polar surface area (TPSA) is 40.6 Å². The molecule has 2 aliphatic heterocycles. The molecule has 2 aliphatic rings. The predicted molar refractivity (Wildman–Crippen MR) is 86.1 cm³/mol. The lowest BCUT2D eigenvalue weighted by Gasteiger charge is -2.40. The molecule has 0 aliphatic carbocycles. The van der Waals surface area contributed by atoms with Crippen LogP contribution in [-0.2, 0) is 9.59 Å². The summed E-state index contributed by atoms with van der Waals surface area (Å²) in [5.41, 5.74) is 1.56. The molecule has 2 heterocycles.